The van der Waals surface area contributed by atoms with Gasteiger partial charge in [0.25, 0.3) is 8.38 Å². The van der Waals surface area contributed by atoms with Crippen molar-refractivity contribution in [1.82, 2.24) is 0 Å². The van der Waals surface area contributed by atoms with Gasteiger partial charge in [0.15, 0.2) is 0 Å². The van der Waals surface area contributed by atoms with Crippen molar-refractivity contribution in [2.75, 3.05) is 6.61 Å². The van der Waals surface area contributed by atoms with Gasteiger partial charge < -0.3 is 9.05 Å². The van der Waals surface area contributed by atoms with Gasteiger partial charge in [0.2, 0.25) is 0 Å². The van der Waals surface area contributed by atoms with Crippen LogP contribution in [0.25, 0.3) is 0 Å². The third-order valence-corrected chi connectivity index (χ3v) is 4.06. The molecule has 0 radical (unpaired) electrons. The molecule has 0 spiro atoms. The molecule has 0 aliphatic carbocycles. The molecule has 1 atom stereocenters. The Morgan fingerprint density at radius 1 is 1.00 bits per heavy atom. The first-order valence-corrected chi connectivity index (χ1v) is 7.27. The fourth-order valence-corrected chi connectivity index (χ4v) is 2.78. The lowest BCUT2D eigenvalue weighted by Crippen LogP contribution is -2.07. The highest BCUT2D eigenvalue weighted by molar-refractivity contribution is 7.56. The highest BCUT2D eigenvalue weighted by Crippen LogP contribution is 2.38. The molecule has 4 heteroatoms. The molecule has 2 rings (SSSR count). The average molecular weight is 281 g/mol. The van der Waals surface area contributed by atoms with E-state index >= 15 is 0 Å². The first kappa shape index (κ1) is 13.4. The average Bonchev–Trinajstić information content (AvgIpc) is 2.40. The Morgan fingerprint density at radius 2 is 1.67 bits per heavy atom. The molecule has 0 N–H and O–H groups in total. The second kappa shape index (κ2) is 6.75. The minimum absolute atomic E-state index is 0.612. The molecule has 0 aliphatic rings. The summed E-state index contributed by atoms with van der Waals surface area (Å²) in [7, 11) is -1.10. The zero-order chi connectivity index (χ0) is 12.8. The Morgan fingerprint density at radius 3 is 2.28 bits per heavy atom. The summed E-state index contributed by atoms with van der Waals surface area (Å²) in [5.41, 5.74) is 0. The maximum atomic E-state index is 5.88. The van der Waals surface area contributed by atoms with Crippen LogP contribution >= 0.6 is 20.0 Å². The lowest BCUT2D eigenvalue weighted by atomic mass is 10.3. The monoisotopic (exact) mass is 280 g/mol. The fourth-order valence-electron chi connectivity index (χ4n) is 1.41. The van der Waals surface area contributed by atoms with Crippen molar-refractivity contribution < 1.29 is 9.05 Å². The van der Waals surface area contributed by atoms with Gasteiger partial charge in [0.1, 0.15) is 5.75 Å². The predicted molar refractivity (Wildman–Crippen MR) is 76.7 cm³/mol. The molecule has 0 bridgehead atoms. The SMILES string of the molecule is CCOP(Oc1ccccc1)c1ccc(Cl)cc1. The topological polar surface area (TPSA) is 18.5 Å². The number of halogens is 1. The first-order valence-electron chi connectivity index (χ1n) is 5.71. The molecule has 0 heterocycles. The third kappa shape index (κ3) is 3.71. The van der Waals surface area contributed by atoms with Gasteiger partial charge in [-0.3, -0.25) is 0 Å². The Hall–Kier alpha value is -1.08. The molecule has 0 aromatic heterocycles. The molecule has 0 amide bonds. The highest BCUT2D eigenvalue weighted by Gasteiger charge is 2.14. The Labute approximate surface area is 113 Å². The van der Waals surface area contributed by atoms with Crippen molar-refractivity contribution in [3.8, 4) is 5.75 Å². The summed E-state index contributed by atoms with van der Waals surface area (Å²) in [6.07, 6.45) is 0. The van der Waals surface area contributed by atoms with Gasteiger partial charge in [-0.2, -0.15) is 0 Å². The molecule has 2 aromatic rings. The van der Waals surface area contributed by atoms with E-state index in [1.54, 1.807) is 0 Å². The van der Waals surface area contributed by atoms with E-state index in [1.807, 2.05) is 61.5 Å². The minimum Gasteiger partial charge on any atom is -0.444 e. The Kier molecular flexibility index (Phi) is 5.00. The maximum absolute atomic E-state index is 5.88. The van der Waals surface area contributed by atoms with Gasteiger partial charge in [0.05, 0.1) is 6.61 Å². The van der Waals surface area contributed by atoms with Crippen LogP contribution in [0, 0.1) is 0 Å². The van der Waals surface area contributed by atoms with Gasteiger partial charge in [-0.15, -0.1) is 0 Å². The third-order valence-electron chi connectivity index (χ3n) is 2.22. The van der Waals surface area contributed by atoms with Gasteiger partial charge in [0, 0.05) is 10.3 Å². The predicted octanol–water partition coefficient (Wildman–Crippen LogP) is 4.39. The van der Waals surface area contributed by atoms with E-state index in [-0.39, 0.29) is 0 Å². The summed E-state index contributed by atoms with van der Waals surface area (Å²) >= 11 is 5.88. The van der Waals surface area contributed by atoms with Crippen molar-refractivity contribution in [3.63, 3.8) is 0 Å². The van der Waals surface area contributed by atoms with Crippen molar-refractivity contribution in [3.05, 3.63) is 59.6 Å². The van der Waals surface area contributed by atoms with Crippen LogP contribution in [0.15, 0.2) is 54.6 Å². The number of benzene rings is 2. The number of rotatable bonds is 5. The lowest BCUT2D eigenvalue weighted by molar-refractivity contribution is 0.341. The first-order chi connectivity index (χ1) is 8.79. The standard InChI is InChI=1S/C14H14ClO2P/c1-2-16-18(14-10-8-12(15)9-11-14)17-13-6-4-3-5-7-13/h3-11H,2H2,1H3. The maximum Gasteiger partial charge on any atom is 0.265 e. The van der Waals surface area contributed by atoms with Crippen molar-refractivity contribution >= 4 is 25.3 Å². The summed E-state index contributed by atoms with van der Waals surface area (Å²) in [6, 6.07) is 17.2. The molecular weight excluding hydrogens is 267 g/mol. The van der Waals surface area contributed by atoms with E-state index in [1.165, 1.54) is 0 Å². The Bertz CT molecular complexity index is 473. The van der Waals surface area contributed by atoms with E-state index in [0.717, 1.165) is 11.1 Å². The second-order valence-corrected chi connectivity index (χ2v) is 5.46. The number of hydrogen-bond donors (Lipinski definition) is 0. The number of para-hydroxylation sites is 1. The minimum atomic E-state index is -1.10. The van der Waals surface area contributed by atoms with E-state index in [2.05, 4.69) is 0 Å². The van der Waals surface area contributed by atoms with Crippen LogP contribution in [0.4, 0.5) is 0 Å². The second-order valence-electron chi connectivity index (χ2n) is 3.56. The van der Waals surface area contributed by atoms with Gasteiger partial charge in [-0.05, 0) is 43.3 Å². The van der Waals surface area contributed by atoms with Crippen molar-refractivity contribution in [2.45, 2.75) is 6.92 Å². The molecule has 2 aromatic carbocycles. The van der Waals surface area contributed by atoms with Gasteiger partial charge >= 0.3 is 0 Å². The summed E-state index contributed by atoms with van der Waals surface area (Å²) < 4.78 is 11.6. The van der Waals surface area contributed by atoms with E-state index in [0.29, 0.717) is 11.6 Å². The molecule has 0 aliphatic heterocycles. The Balaban J connectivity index is 2.15. The number of hydrogen-bond acceptors (Lipinski definition) is 2. The summed E-state index contributed by atoms with van der Waals surface area (Å²) in [4.78, 5) is 0. The van der Waals surface area contributed by atoms with Crippen LogP contribution in [0.5, 0.6) is 5.75 Å². The normalized spacial score (nSPS) is 12.1. The van der Waals surface area contributed by atoms with Crippen LogP contribution in [-0.2, 0) is 4.52 Å². The molecule has 0 saturated heterocycles. The quantitative estimate of drug-likeness (QED) is 0.756. The van der Waals surface area contributed by atoms with Crippen LogP contribution in [0.3, 0.4) is 0 Å². The van der Waals surface area contributed by atoms with Gasteiger partial charge in [-0.1, -0.05) is 29.8 Å². The molecule has 18 heavy (non-hydrogen) atoms. The van der Waals surface area contributed by atoms with Crippen LogP contribution < -0.4 is 9.83 Å². The smallest absolute Gasteiger partial charge is 0.265 e. The molecular formula is C14H14ClO2P. The van der Waals surface area contributed by atoms with Crippen LogP contribution in [0.2, 0.25) is 5.02 Å². The van der Waals surface area contributed by atoms with Crippen molar-refractivity contribution in [2.24, 2.45) is 0 Å². The molecule has 0 fully saturated rings. The summed E-state index contributed by atoms with van der Waals surface area (Å²) in [5.74, 6) is 0.812. The highest BCUT2D eigenvalue weighted by atomic mass is 35.5. The van der Waals surface area contributed by atoms with Crippen LogP contribution in [-0.4, -0.2) is 6.61 Å². The van der Waals surface area contributed by atoms with E-state index < -0.39 is 8.38 Å². The van der Waals surface area contributed by atoms with E-state index in [9.17, 15) is 0 Å². The summed E-state index contributed by atoms with van der Waals surface area (Å²) in [5, 5.41) is 1.73. The molecule has 0 saturated carbocycles. The molecule has 94 valence electrons. The zero-order valence-corrected chi connectivity index (χ0v) is 11.7. The lowest BCUT2D eigenvalue weighted by Gasteiger charge is -2.17. The molecule has 2 nitrogen and oxygen atoms in total. The van der Waals surface area contributed by atoms with Gasteiger partial charge in [-0.25, -0.2) is 0 Å². The fraction of sp³-hybridized carbons (Fsp3) is 0.143. The molecule has 1 unspecified atom stereocenters. The van der Waals surface area contributed by atoms with Crippen LogP contribution in [0.1, 0.15) is 6.92 Å². The van der Waals surface area contributed by atoms with E-state index in [4.69, 9.17) is 20.6 Å². The zero-order valence-electron chi connectivity index (χ0n) is 10.0. The van der Waals surface area contributed by atoms with Crippen molar-refractivity contribution in [1.29, 1.82) is 0 Å². The summed E-state index contributed by atoms with van der Waals surface area (Å²) in [6.45, 7) is 2.57. The largest absolute Gasteiger partial charge is 0.444 e.